The van der Waals surface area contributed by atoms with Gasteiger partial charge < -0.3 is 15.0 Å². The molecule has 2 aromatic carbocycles. The molecule has 0 bridgehead atoms. The summed E-state index contributed by atoms with van der Waals surface area (Å²) in [5, 5.41) is 2.83. The highest BCUT2D eigenvalue weighted by Gasteiger charge is 2.29. The van der Waals surface area contributed by atoms with Crippen molar-refractivity contribution in [1.29, 1.82) is 0 Å². The van der Waals surface area contributed by atoms with E-state index in [0.29, 0.717) is 37.4 Å². The molecular weight excluding hydrogens is 466 g/mol. The number of para-hydroxylation sites is 2. The first-order valence-electron chi connectivity index (χ1n) is 11.9. The molecule has 0 saturated heterocycles. The molecule has 35 heavy (non-hydrogen) atoms. The van der Waals surface area contributed by atoms with E-state index in [-0.39, 0.29) is 24.8 Å². The normalized spacial score (nSPS) is 12.0. The van der Waals surface area contributed by atoms with Crippen molar-refractivity contribution >= 4 is 27.5 Å². The van der Waals surface area contributed by atoms with E-state index in [4.69, 9.17) is 4.74 Å². The molecule has 1 N–H and O–H groups in total. The molecule has 1 atom stereocenters. The van der Waals surface area contributed by atoms with Gasteiger partial charge in [-0.05, 0) is 49.9 Å². The van der Waals surface area contributed by atoms with Gasteiger partial charge in [0.15, 0.2) is 0 Å². The zero-order valence-corrected chi connectivity index (χ0v) is 22.1. The summed E-state index contributed by atoms with van der Waals surface area (Å²) in [7, 11) is -2.12. The monoisotopic (exact) mass is 503 g/mol. The van der Waals surface area contributed by atoms with E-state index in [1.54, 1.807) is 29.2 Å². The van der Waals surface area contributed by atoms with Crippen LogP contribution in [0.4, 0.5) is 5.69 Å². The van der Waals surface area contributed by atoms with Crippen molar-refractivity contribution in [3.8, 4) is 5.75 Å². The minimum Gasteiger partial charge on any atom is -0.495 e. The molecular formula is C26H37N3O5S. The van der Waals surface area contributed by atoms with Crippen molar-refractivity contribution < 1.29 is 22.7 Å². The number of hydrogen-bond donors (Lipinski definition) is 1. The maximum absolute atomic E-state index is 13.4. The van der Waals surface area contributed by atoms with Crippen LogP contribution in [0.2, 0.25) is 0 Å². The number of carbonyl (C=O) groups is 2. The van der Waals surface area contributed by atoms with Crippen LogP contribution < -0.4 is 14.4 Å². The first-order chi connectivity index (χ1) is 16.6. The average Bonchev–Trinajstić information content (AvgIpc) is 2.82. The fourth-order valence-corrected chi connectivity index (χ4v) is 4.97. The van der Waals surface area contributed by atoms with Crippen molar-refractivity contribution in [2.75, 3.05) is 30.8 Å². The first kappa shape index (κ1) is 28.2. The number of rotatable bonds is 13. The fraction of sp³-hybridized carbons (Fsp3) is 0.462. The second-order valence-electron chi connectivity index (χ2n) is 8.38. The van der Waals surface area contributed by atoms with Gasteiger partial charge in [0.25, 0.3) is 0 Å². The Labute approximate surface area is 209 Å². The molecule has 2 aromatic rings. The minimum atomic E-state index is -3.60. The number of amides is 2. The summed E-state index contributed by atoms with van der Waals surface area (Å²) in [4.78, 5) is 27.8. The number of benzene rings is 2. The molecule has 0 aromatic heterocycles. The zero-order chi connectivity index (χ0) is 26.0. The van der Waals surface area contributed by atoms with Crippen LogP contribution in [0, 0.1) is 6.92 Å². The van der Waals surface area contributed by atoms with E-state index in [0.717, 1.165) is 17.4 Å². The predicted molar refractivity (Wildman–Crippen MR) is 139 cm³/mol. The number of likely N-dealkylation sites (N-methyl/N-ethyl adjacent to an activating group) is 1. The van der Waals surface area contributed by atoms with Crippen LogP contribution in [0.1, 0.15) is 44.2 Å². The molecule has 0 heterocycles. The number of nitrogens with zero attached hydrogens (tertiary/aromatic N) is 2. The van der Waals surface area contributed by atoms with Gasteiger partial charge in [-0.25, -0.2) is 8.42 Å². The number of sulfonamides is 1. The third kappa shape index (κ3) is 7.71. The topological polar surface area (TPSA) is 96.0 Å². The standard InChI is InChI=1S/C26H37N3O5S/c1-6-22(26(31)27-7-2)28(19-21-14-9-8-13-20(21)3)25(30)17-12-18-29(35(5,32)33)23-15-10-11-16-24(23)34-4/h8-11,13-16,22H,6-7,12,17-19H2,1-5H3,(H,27,31)/t22-/m0/s1. The van der Waals surface area contributed by atoms with Gasteiger partial charge in [0.05, 0.1) is 19.1 Å². The lowest BCUT2D eigenvalue weighted by molar-refractivity contribution is -0.141. The molecule has 9 heteroatoms. The molecule has 2 rings (SSSR count). The van der Waals surface area contributed by atoms with Crippen LogP contribution >= 0.6 is 0 Å². The van der Waals surface area contributed by atoms with Crippen LogP contribution in [0.5, 0.6) is 5.75 Å². The highest BCUT2D eigenvalue weighted by Crippen LogP contribution is 2.29. The predicted octanol–water partition coefficient (Wildman–Crippen LogP) is 3.49. The molecule has 2 amide bonds. The van der Waals surface area contributed by atoms with Crippen LogP contribution in [0.15, 0.2) is 48.5 Å². The number of ether oxygens (including phenoxy) is 1. The molecule has 0 saturated carbocycles. The molecule has 192 valence electrons. The molecule has 0 fully saturated rings. The molecule has 0 aliphatic rings. The lowest BCUT2D eigenvalue weighted by Crippen LogP contribution is -2.49. The lowest BCUT2D eigenvalue weighted by Gasteiger charge is -2.31. The lowest BCUT2D eigenvalue weighted by atomic mass is 10.1. The van der Waals surface area contributed by atoms with E-state index >= 15 is 0 Å². The summed E-state index contributed by atoms with van der Waals surface area (Å²) < 4.78 is 31.6. The van der Waals surface area contributed by atoms with Gasteiger partial charge in [0, 0.05) is 26.1 Å². The SMILES string of the molecule is CCNC(=O)[C@H](CC)N(Cc1ccccc1C)C(=O)CCCN(c1ccccc1OC)S(C)(=O)=O. The summed E-state index contributed by atoms with van der Waals surface area (Å²) in [6.45, 7) is 6.59. The Kier molecular flexibility index (Phi) is 10.6. The van der Waals surface area contributed by atoms with E-state index < -0.39 is 16.1 Å². The summed E-state index contributed by atoms with van der Waals surface area (Å²) in [6.07, 6.45) is 2.00. The molecule has 0 aliphatic heterocycles. The Bertz CT molecular complexity index is 1100. The number of aryl methyl sites for hydroxylation is 1. The Morgan fingerprint density at radius 3 is 2.31 bits per heavy atom. The van der Waals surface area contributed by atoms with Crippen molar-refractivity contribution in [2.45, 2.75) is 52.6 Å². The van der Waals surface area contributed by atoms with Crippen LogP contribution in [0.25, 0.3) is 0 Å². The Morgan fingerprint density at radius 2 is 1.71 bits per heavy atom. The number of hydrogen-bond acceptors (Lipinski definition) is 5. The molecule has 0 radical (unpaired) electrons. The Hall–Kier alpha value is -3.07. The van der Waals surface area contributed by atoms with Crippen molar-refractivity contribution in [3.63, 3.8) is 0 Å². The van der Waals surface area contributed by atoms with Crippen molar-refractivity contribution in [2.24, 2.45) is 0 Å². The highest BCUT2D eigenvalue weighted by atomic mass is 32.2. The van der Waals surface area contributed by atoms with Gasteiger partial charge in [-0.2, -0.15) is 0 Å². The maximum atomic E-state index is 13.4. The summed E-state index contributed by atoms with van der Waals surface area (Å²) in [5.74, 6) is 0.0521. The minimum absolute atomic E-state index is 0.100. The van der Waals surface area contributed by atoms with Gasteiger partial charge in [-0.1, -0.05) is 43.3 Å². The van der Waals surface area contributed by atoms with E-state index in [9.17, 15) is 18.0 Å². The number of nitrogens with one attached hydrogen (secondary N) is 1. The number of anilines is 1. The van der Waals surface area contributed by atoms with Gasteiger partial charge in [-0.15, -0.1) is 0 Å². The van der Waals surface area contributed by atoms with Crippen LogP contribution in [0.3, 0.4) is 0 Å². The number of methoxy groups -OCH3 is 1. The largest absolute Gasteiger partial charge is 0.495 e. The smallest absolute Gasteiger partial charge is 0.242 e. The van der Waals surface area contributed by atoms with Gasteiger partial charge in [-0.3, -0.25) is 13.9 Å². The Balaban J connectivity index is 2.24. The highest BCUT2D eigenvalue weighted by molar-refractivity contribution is 7.92. The van der Waals surface area contributed by atoms with Crippen LogP contribution in [-0.4, -0.2) is 57.6 Å². The van der Waals surface area contributed by atoms with E-state index in [1.807, 2.05) is 45.0 Å². The van der Waals surface area contributed by atoms with Gasteiger partial charge >= 0.3 is 0 Å². The van der Waals surface area contributed by atoms with Gasteiger partial charge in [0.1, 0.15) is 11.8 Å². The van der Waals surface area contributed by atoms with Crippen LogP contribution in [-0.2, 0) is 26.2 Å². The molecule has 8 nitrogen and oxygen atoms in total. The summed E-state index contributed by atoms with van der Waals surface area (Å²) >= 11 is 0. The average molecular weight is 504 g/mol. The zero-order valence-electron chi connectivity index (χ0n) is 21.3. The second-order valence-corrected chi connectivity index (χ2v) is 10.3. The van der Waals surface area contributed by atoms with Crippen molar-refractivity contribution in [1.82, 2.24) is 10.2 Å². The van der Waals surface area contributed by atoms with Crippen molar-refractivity contribution in [3.05, 3.63) is 59.7 Å². The molecule has 0 aliphatic carbocycles. The Morgan fingerprint density at radius 1 is 1.06 bits per heavy atom. The molecule has 0 spiro atoms. The van der Waals surface area contributed by atoms with E-state index in [2.05, 4.69) is 5.32 Å². The van der Waals surface area contributed by atoms with E-state index in [1.165, 1.54) is 11.4 Å². The maximum Gasteiger partial charge on any atom is 0.242 e. The van der Waals surface area contributed by atoms with Gasteiger partial charge in [0.2, 0.25) is 21.8 Å². The fourth-order valence-electron chi connectivity index (χ4n) is 4.00. The summed E-state index contributed by atoms with van der Waals surface area (Å²) in [6, 6.07) is 14.0. The third-order valence-electron chi connectivity index (χ3n) is 5.84. The third-order valence-corrected chi connectivity index (χ3v) is 7.02. The summed E-state index contributed by atoms with van der Waals surface area (Å²) in [5.41, 5.74) is 2.43. The molecule has 0 unspecified atom stereocenters. The first-order valence-corrected chi connectivity index (χ1v) is 13.7. The second kappa shape index (κ2) is 13.1. The number of carbonyl (C=O) groups excluding carboxylic acids is 2. The quantitative estimate of drug-likeness (QED) is 0.451.